The van der Waals surface area contributed by atoms with Crippen molar-refractivity contribution in [1.29, 1.82) is 0 Å². The van der Waals surface area contributed by atoms with Crippen molar-refractivity contribution in [2.75, 3.05) is 19.1 Å². The van der Waals surface area contributed by atoms with Crippen LogP contribution >= 0.6 is 11.8 Å². The Labute approximate surface area is 121 Å². The van der Waals surface area contributed by atoms with E-state index in [1.54, 1.807) is 18.8 Å². The molecule has 0 aliphatic heterocycles. The second kappa shape index (κ2) is 7.23. The minimum atomic E-state index is -0.994. The summed E-state index contributed by atoms with van der Waals surface area (Å²) in [6.45, 7) is 1.91. The third kappa shape index (κ3) is 3.93. The number of amides is 1. The molecular formula is C13H17FN2O3S. The van der Waals surface area contributed by atoms with Gasteiger partial charge in [-0.1, -0.05) is 0 Å². The van der Waals surface area contributed by atoms with E-state index in [1.165, 1.54) is 11.0 Å². The largest absolute Gasteiger partial charge is 0.339 e. The maximum Gasteiger partial charge on any atom is 0.304 e. The van der Waals surface area contributed by atoms with Gasteiger partial charge in [-0.15, -0.1) is 0 Å². The van der Waals surface area contributed by atoms with E-state index in [4.69, 9.17) is 0 Å². The van der Waals surface area contributed by atoms with Gasteiger partial charge in [0, 0.05) is 24.7 Å². The first-order chi connectivity index (χ1) is 9.38. The Hall–Kier alpha value is -1.63. The van der Waals surface area contributed by atoms with Gasteiger partial charge in [0.15, 0.2) is 0 Å². The predicted octanol–water partition coefficient (Wildman–Crippen LogP) is 2.95. The predicted molar refractivity (Wildman–Crippen MR) is 77.6 cm³/mol. The van der Waals surface area contributed by atoms with Gasteiger partial charge in [0.05, 0.1) is 4.92 Å². The average Bonchev–Trinajstić information content (AvgIpc) is 2.42. The van der Waals surface area contributed by atoms with Crippen molar-refractivity contribution in [2.45, 2.75) is 19.4 Å². The molecule has 0 aliphatic carbocycles. The molecule has 0 aliphatic rings. The molecule has 1 atom stereocenters. The first-order valence-corrected chi connectivity index (χ1v) is 7.48. The number of nitro benzene ring substituents is 1. The minimum absolute atomic E-state index is 0.0215. The number of benzene rings is 1. The highest BCUT2D eigenvalue weighted by Gasteiger charge is 2.21. The minimum Gasteiger partial charge on any atom is -0.339 e. The molecule has 110 valence electrons. The first kappa shape index (κ1) is 16.4. The molecule has 5 nitrogen and oxygen atoms in total. The third-order valence-electron chi connectivity index (χ3n) is 3.11. The molecule has 0 N–H and O–H groups in total. The lowest BCUT2D eigenvalue weighted by atomic mass is 10.1. The van der Waals surface area contributed by atoms with Crippen LogP contribution in [0.5, 0.6) is 0 Å². The van der Waals surface area contributed by atoms with Crippen LogP contribution in [0.1, 0.15) is 23.7 Å². The van der Waals surface area contributed by atoms with Crippen LogP contribution in [0.3, 0.4) is 0 Å². The summed E-state index contributed by atoms with van der Waals surface area (Å²) in [6.07, 6.45) is 2.82. The number of hydrogen-bond donors (Lipinski definition) is 0. The second-order valence-electron chi connectivity index (χ2n) is 4.47. The maximum atomic E-state index is 13.5. The second-order valence-corrected chi connectivity index (χ2v) is 5.46. The fourth-order valence-corrected chi connectivity index (χ4v) is 2.25. The van der Waals surface area contributed by atoms with Gasteiger partial charge in [-0.2, -0.15) is 16.2 Å². The van der Waals surface area contributed by atoms with Crippen molar-refractivity contribution in [3.05, 3.63) is 39.7 Å². The molecule has 1 rings (SSSR count). The normalized spacial score (nSPS) is 12.0. The van der Waals surface area contributed by atoms with Crippen LogP contribution in [0, 0.1) is 15.9 Å². The summed E-state index contributed by atoms with van der Waals surface area (Å²) >= 11 is 1.69. The van der Waals surface area contributed by atoms with Crippen molar-refractivity contribution < 1.29 is 14.1 Å². The van der Waals surface area contributed by atoms with Crippen LogP contribution in [-0.4, -0.2) is 40.8 Å². The van der Waals surface area contributed by atoms with E-state index < -0.39 is 16.4 Å². The van der Waals surface area contributed by atoms with Gasteiger partial charge in [0.1, 0.15) is 0 Å². The number of thioether (sulfide) groups is 1. The van der Waals surface area contributed by atoms with Crippen molar-refractivity contribution in [3.63, 3.8) is 0 Å². The number of carbonyl (C=O) groups excluding carboxylic acids is 1. The SMILES string of the molecule is CSCCC(C)N(C)C(=O)c1ccc([N+](=O)[O-])c(F)c1. The lowest BCUT2D eigenvalue weighted by Gasteiger charge is -2.24. The summed E-state index contributed by atoms with van der Waals surface area (Å²) in [4.78, 5) is 23.4. The lowest BCUT2D eigenvalue weighted by Crippen LogP contribution is -2.35. The number of carbonyl (C=O) groups is 1. The van der Waals surface area contributed by atoms with E-state index in [0.717, 1.165) is 24.3 Å². The maximum absolute atomic E-state index is 13.5. The highest BCUT2D eigenvalue weighted by atomic mass is 32.2. The first-order valence-electron chi connectivity index (χ1n) is 6.08. The van der Waals surface area contributed by atoms with Gasteiger partial charge in [-0.05, 0) is 37.5 Å². The molecule has 1 unspecified atom stereocenters. The summed E-state index contributed by atoms with van der Waals surface area (Å²) in [5, 5.41) is 10.5. The van der Waals surface area contributed by atoms with E-state index in [9.17, 15) is 19.3 Å². The average molecular weight is 300 g/mol. The standard InChI is InChI=1S/C13H17FN2O3S/c1-9(6-7-20-3)15(2)13(17)10-4-5-12(16(18)19)11(14)8-10/h4-5,8-9H,6-7H2,1-3H3. The van der Waals surface area contributed by atoms with Gasteiger partial charge in [0.25, 0.3) is 5.91 Å². The van der Waals surface area contributed by atoms with Crippen LogP contribution in [-0.2, 0) is 0 Å². The number of nitrogens with zero attached hydrogens (tertiary/aromatic N) is 2. The van der Waals surface area contributed by atoms with Crippen molar-refractivity contribution >= 4 is 23.4 Å². The summed E-state index contributed by atoms with van der Waals surface area (Å²) in [6, 6.07) is 3.23. The molecule has 1 aromatic carbocycles. The fourth-order valence-electron chi connectivity index (χ4n) is 1.67. The van der Waals surface area contributed by atoms with Crippen LogP contribution in [0.2, 0.25) is 0 Å². The van der Waals surface area contributed by atoms with E-state index in [2.05, 4.69) is 0 Å². The van der Waals surface area contributed by atoms with Crippen molar-refractivity contribution in [1.82, 2.24) is 4.90 Å². The quantitative estimate of drug-likeness (QED) is 0.598. The fraction of sp³-hybridized carbons (Fsp3) is 0.462. The molecule has 7 heteroatoms. The molecule has 0 bridgehead atoms. The molecule has 20 heavy (non-hydrogen) atoms. The topological polar surface area (TPSA) is 63.5 Å². The summed E-state index contributed by atoms with van der Waals surface area (Å²) in [7, 11) is 1.65. The molecule has 0 fully saturated rings. The van der Waals surface area contributed by atoms with E-state index in [-0.39, 0.29) is 17.5 Å². The van der Waals surface area contributed by atoms with Crippen LogP contribution < -0.4 is 0 Å². The Morgan fingerprint density at radius 2 is 2.20 bits per heavy atom. The Bertz CT molecular complexity index is 510. The molecule has 1 aromatic rings. The molecule has 0 saturated carbocycles. The molecule has 0 radical (unpaired) electrons. The van der Waals surface area contributed by atoms with Gasteiger partial charge in [-0.25, -0.2) is 0 Å². The number of halogens is 1. The summed E-state index contributed by atoms with van der Waals surface area (Å²) in [5.74, 6) is -0.411. The smallest absolute Gasteiger partial charge is 0.304 e. The number of rotatable bonds is 6. The number of nitro groups is 1. The number of hydrogen-bond acceptors (Lipinski definition) is 4. The third-order valence-corrected chi connectivity index (χ3v) is 3.76. The van der Waals surface area contributed by atoms with Gasteiger partial charge in [0.2, 0.25) is 5.82 Å². The highest BCUT2D eigenvalue weighted by molar-refractivity contribution is 7.98. The Morgan fingerprint density at radius 3 is 2.70 bits per heavy atom. The summed E-state index contributed by atoms with van der Waals surface area (Å²) < 4.78 is 13.5. The molecule has 0 heterocycles. The van der Waals surface area contributed by atoms with Gasteiger partial charge >= 0.3 is 5.69 Å². The van der Waals surface area contributed by atoms with Crippen LogP contribution in [0.15, 0.2) is 18.2 Å². The summed E-state index contributed by atoms with van der Waals surface area (Å²) in [5.41, 5.74) is -0.508. The Morgan fingerprint density at radius 1 is 1.55 bits per heavy atom. The molecule has 0 saturated heterocycles. The monoisotopic (exact) mass is 300 g/mol. The molecule has 1 amide bonds. The lowest BCUT2D eigenvalue weighted by molar-refractivity contribution is -0.387. The Balaban J connectivity index is 2.87. The van der Waals surface area contributed by atoms with Crippen LogP contribution in [0.25, 0.3) is 0 Å². The zero-order chi connectivity index (χ0) is 15.3. The molecular weight excluding hydrogens is 283 g/mol. The zero-order valence-electron chi connectivity index (χ0n) is 11.6. The molecule has 0 aromatic heterocycles. The molecule has 0 spiro atoms. The highest BCUT2D eigenvalue weighted by Crippen LogP contribution is 2.19. The van der Waals surface area contributed by atoms with Gasteiger partial charge in [-0.3, -0.25) is 14.9 Å². The van der Waals surface area contributed by atoms with Crippen molar-refractivity contribution in [3.8, 4) is 0 Å². The zero-order valence-corrected chi connectivity index (χ0v) is 12.4. The van der Waals surface area contributed by atoms with E-state index in [1.807, 2.05) is 13.2 Å². The van der Waals surface area contributed by atoms with E-state index in [0.29, 0.717) is 0 Å². The van der Waals surface area contributed by atoms with E-state index >= 15 is 0 Å². The van der Waals surface area contributed by atoms with Gasteiger partial charge < -0.3 is 4.90 Å². The van der Waals surface area contributed by atoms with Crippen molar-refractivity contribution in [2.24, 2.45) is 0 Å². The Kier molecular flexibility index (Phi) is 5.94. The van der Waals surface area contributed by atoms with Crippen LogP contribution in [0.4, 0.5) is 10.1 Å².